The third kappa shape index (κ3) is 1.93. The van der Waals surface area contributed by atoms with Gasteiger partial charge in [0.05, 0.1) is 23.9 Å². The summed E-state index contributed by atoms with van der Waals surface area (Å²) in [5.74, 6) is 1.15. The van der Waals surface area contributed by atoms with Gasteiger partial charge in [-0.15, -0.1) is 0 Å². The van der Waals surface area contributed by atoms with Crippen LogP contribution >= 0.6 is 0 Å². The standard InChI is InChI=1S/C17H24O2/c1-12-13(2)17(4)15(10-16(12,3)19-17)18-11-14-8-6-5-7-9-14/h5-9,12-13,15H,10-11H2,1-4H3/t12?,13?,15-,16+,17+/m0/s1. The number of hydrogen-bond acceptors (Lipinski definition) is 2. The highest BCUT2D eigenvalue weighted by Gasteiger charge is 2.64. The van der Waals surface area contributed by atoms with Crippen LogP contribution in [0, 0.1) is 11.8 Å². The zero-order valence-electron chi connectivity index (χ0n) is 12.3. The van der Waals surface area contributed by atoms with Gasteiger partial charge in [0.15, 0.2) is 0 Å². The van der Waals surface area contributed by atoms with Crippen molar-refractivity contribution in [2.75, 3.05) is 0 Å². The Labute approximate surface area is 116 Å². The molecular formula is C17H24O2. The van der Waals surface area contributed by atoms with E-state index in [9.17, 15) is 0 Å². The normalized spacial score (nSPS) is 44.7. The van der Waals surface area contributed by atoms with Gasteiger partial charge in [-0.3, -0.25) is 0 Å². The molecule has 2 aliphatic heterocycles. The second kappa shape index (κ2) is 4.32. The minimum absolute atomic E-state index is 0.00444. The molecule has 2 aliphatic rings. The van der Waals surface area contributed by atoms with Crippen molar-refractivity contribution in [3.05, 3.63) is 35.9 Å². The third-order valence-corrected chi connectivity index (χ3v) is 5.59. The van der Waals surface area contributed by atoms with Crippen molar-refractivity contribution in [2.45, 2.75) is 58.0 Å². The van der Waals surface area contributed by atoms with Crippen molar-refractivity contribution in [3.63, 3.8) is 0 Å². The molecule has 0 saturated carbocycles. The zero-order chi connectivity index (χ0) is 13.7. The molecule has 19 heavy (non-hydrogen) atoms. The van der Waals surface area contributed by atoms with Crippen LogP contribution in [0.25, 0.3) is 0 Å². The van der Waals surface area contributed by atoms with E-state index < -0.39 is 0 Å². The Balaban J connectivity index is 1.71. The monoisotopic (exact) mass is 260 g/mol. The molecule has 1 aromatic rings. The number of rotatable bonds is 3. The first-order valence-electron chi connectivity index (χ1n) is 7.31. The maximum Gasteiger partial charge on any atom is 0.0952 e. The largest absolute Gasteiger partial charge is 0.370 e. The number of hydrogen-bond donors (Lipinski definition) is 0. The topological polar surface area (TPSA) is 18.5 Å². The molecule has 2 nitrogen and oxygen atoms in total. The fourth-order valence-electron chi connectivity index (χ4n) is 3.87. The van der Waals surface area contributed by atoms with Crippen molar-refractivity contribution in [2.24, 2.45) is 11.8 Å². The van der Waals surface area contributed by atoms with Gasteiger partial charge in [-0.1, -0.05) is 44.2 Å². The SMILES string of the molecule is CC1C(C)[C@@]2(C)O[C@]1(C)C[C@@H]2OCc1ccccc1. The molecule has 2 heteroatoms. The summed E-state index contributed by atoms with van der Waals surface area (Å²) in [6, 6.07) is 10.4. The second-order valence-corrected chi connectivity index (χ2v) is 6.67. The van der Waals surface area contributed by atoms with E-state index in [2.05, 4.69) is 52.0 Å². The Morgan fingerprint density at radius 2 is 1.84 bits per heavy atom. The molecule has 1 aromatic carbocycles. The zero-order valence-corrected chi connectivity index (χ0v) is 12.3. The van der Waals surface area contributed by atoms with E-state index >= 15 is 0 Å². The first-order chi connectivity index (χ1) is 8.96. The van der Waals surface area contributed by atoms with E-state index in [1.807, 2.05) is 6.07 Å². The van der Waals surface area contributed by atoms with Crippen LogP contribution in [0.2, 0.25) is 0 Å². The molecule has 3 rings (SSSR count). The fraction of sp³-hybridized carbons (Fsp3) is 0.647. The summed E-state index contributed by atoms with van der Waals surface area (Å²) in [7, 11) is 0. The lowest BCUT2D eigenvalue weighted by molar-refractivity contribution is -0.0978. The Morgan fingerprint density at radius 1 is 1.16 bits per heavy atom. The summed E-state index contributed by atoms with van der Waals surface area (Å²) < 4.78 is 12.5. The van der Waals surface area contributed by atoms with Crippen LogP contribution in [0.1, 0.15) is 39.7 Å². The van der Waals surface area contributed by atoms with Gasteiger partial charge in [0.25, 0.3) is 0 Å². The second-order valence-electron chi connectivity index (χ2n) is 6.67. The lowest BCUT2D eigenvalue weighted by Gasteiger charge is -2.38. The van der Waals surface area contributed by atoms with E-state index in [1.165, 1.54) is 5.56 Å². The number of benzene rings is 1. The predicted molar refractivity (Wildman–Crippen MR) is 75.9 cm³/mol. The smallest absolute Gasteiger partial charge is 0.0952 e. The van der Waals surface area contributed by atoms with E-state index in [-0.39, 0.29) is 17.3 Å². The van der Waals surface area contributed by atoms with Crippen LogP contribution < -0.4 is 0 Å². The van der Waals surface area contributed by atoms with E-state index in [4.69, 9.17) is 9.47 Å². The third-order valence-electron chi connectivity index (χ3n) is 5.59. The van der Waals surface area contributed by atoms with Crippen molar-refractivity contribution >= 4 is 0 Å². The van der Waals surface area contributed by atoms with Crippen molar-refractivity contribution in [1.29, 1.82) is 0 Å². The Hall–Kier alpha value is -0.860. The maximum atomic E-state index is 6.35. The van der Waals surface area contributed by atoms with E-state index in [1.54, 1.807) is 0 Å². The lowest BCUT2D eigenvalue weighted by atomic mass is 9.68. The fourth-order valence-corrected chi connectivity index (χ4v) is 3.87. The summed E-state index contributed by atoms with van der Waals surface area (Å²) >= 11 is 0. The molecule has 2 unspecified atom stereocenters. The first kappa shape index (κ1) is 13.1. The molecule has 5 atom stereocenters. The van der Waals surface area contributed by atoms with Crippen molar-refractivity contribution < 1.29 is 9.47 Å². The minimum atomic E-state index is -0.122. The summed E-state index contributed by atoms with van der Waals surface area (Å²) in [5, 5.41) is 0. The van der Waals surface area contributed by atoms with Crippen LogP contribution in [0.3, 0.4) is 0 Å². The van der Waals surface area contributed by atoms with Gasteiger partial charge >= 0.3 is 0 Å². The van der Waals surface area contributed by atoms with Gasteiger partial charge in [-0.05, 0) is 31.2 Å². The molecule has 0 aliphatic carbocycles. The van der Waals surface area contributed by atoms with E-state index in [0.29, 0.717) is 18.4 Å². The molecule has 0 radical (unpaired) electrons. The lowest BCUT2D eigenvalue weighted by Crippen LogP contribution is -2.46. The Bertz CT molecular complexity index is 458. The summed E-state index contributed by atoms with van der Waals surface area (Å²) in [4.78, 5) is 0. The van der Waals surface area contributed by atoms with E-state index in [0.717, 1.165) is 6.42 Å². The molecule has 104 valence electrons. The summed E-state index contributed by atoms with van der Waals surface area (Å²) in [5.41, 5.74) is 1.11. The van der Waals surface area contributed by atoms with Crippen LogP contribution in [-0.4, -0.2) is 17.3 Å². The van der Waals surface area contributed by atoms with Gasteiger partial charge in [0.2, 0.25) is 0 Å². The van der Waals surface area contributed by atoms with Crippen LogP contribution in [0.15, 0.2) is 30.3 Å². The quantitative estimate of drug-likeness (QED) is 0.823. The van der Waals surface area contributed by atoms with Gasteiger partial charge < -0.3 is 9.47 Å². The first-order valence-corrected chi connectivity index (χ1v) is 7.31. The molecule has 2 heterocycles. The van der Waals surface area contributed by atoms with Crippen molar-refractivity contribution in [3.8, 4) is 0 Å². The van der Waals surface area contributed by atoms with Gasteiger partial charge in [-0.25, -0.2) is 0 Å². The van der Waals surface area contributed by atoms with Crippen LogP contribution in [0.4, 0.5) is 0 Å². The molecule has 0 spiro atoms. The van der Waals surface area contributed by atoms with Gasteiger partial charge in [-0.2, -0.15) is 0 Å². The average Bonchev–Trinajstić information content (AvgIpc) is 2.77. The molecule has 2 bridgehead atoms. The van der Waals surface area contributed by atoms with Crippen LogP contribution in [0.5, 0.6) is 0 Å². The molecular weight excluding hydrogens is 236 g/mol. The van der Waals surface area contributed by atoms with Crippen LogP contribution in [-0.2, 0) is 16.1 Å². The Morgan fingerprint density at radius 3 is 2.42 bits per heavy atom. The molecule has 0 amide bonds. The number of ether oxygens (including phenoxy) is 2. The minimum Gasteiger partial charge on any atom is -0.370 e. The summed E-state index contributed by atoms with van der Waals surface area (Å²) in [6.07, 6.45) is 1.23. The molecule has 2 fully saturated rings. The molecule has 0 aromatic heterocycles. The van der Waals surface area contributed by atoms with Gasteiger partial charge in [0.1, 0.15) is 0 Å². The average molecular weight is 260 g/mol. The predicted octanol–water partition coefficient (Wildman–Crippen LogP) is 3.80. The highest BCUT2D eigenvalue weighted by Crippen LogP contribution is 2.57. The van der Waals surface area contributed by atoms with Crippen molar-refractivity contribution in [1.82, 2.24) is 0 Å². The highest BCUT2D eigenvalue weighted by molar-refractivity contribution is 5.16. The summed E-state index contributed by atoms with van der Waals surface area (Å²) in [6.45, 7) is 9.76. The Kier molecular flexibility index (Phi) is 2.99. The van der Waals surface area contributed by atoms with Gasteiger partial charge in [0, 0.05) is 6.42 Å². The number of fused-ring (bicyclic) bond motifs is 2. The molecule has 0 N–H and O–H groups in total. The molecule has 2 saturated heterocycles. The maximum absolute atomic E-state index is 6.35. The highest BCUT2D eigenvalue weighted by atomic mass is 16.6.